The molecular formula is C18H14Cl2F3N5O. The molecule has 1 unspecified atom stereocenters. The van der Waals surface area contributed by atoms with Crippen LogP contribution < -0.4 is 5.32 Å². The molecule has 1 amide bonds. The molecule has 152 valence electrons. The van der Waals surface area contributed by atoms with Crippen molar-refractivity contribution < 1.29 is 18.0 Å². The summed E-state index contributed by atoms with van der Waals surface area (Å²) in [5.41, 5.74) is 1.25. The largest absolute Gasteiger partial charge is 0.451 e. The molecule has 1 N–H and O–H groups in total. The average molecular weight is 444 g/mol. The van der Waals surface area contributed by atoms with E-state index in [0.29, 0.717) is 11.1 Å². The summed E-state index contributed by atoms with van der Waals surface area (Å²) in [5, 5.41) is 7.15. The Hall–Kier alpha value is -2.65. The highest BCUT2D eigenvalue weighted by Gasteiger charge is 2.34. The molecule has 0 fully saturated rings. The summed E-state index contributed by atoms with van der Waals surface area (Å²) in [4.78, 5) is 19.3. The number of halogens is 5. The van der Waals surface area contributed by atoms with Crippen molar-refractivity contribution in [3.8, 4) is 0 Å². The van der Waals surface area contributed by atoms with Crippen LogP contribution in [0.15, 0.2) is 43.0 Å². The van der Waals surface area contributed by atoms with Crippen molar-refractivity contribution in [2.24, 2.45) is 7.05 Å². The molecule has 0 radical (unpaired) electrons. The smallest absolute Gasteiger partial charge is 0.351 e. The van der Waals surface area contributed by atoms with E-state index in [1.54, 1.807) is 36.3 Å². The number of carbonyl (C=O) groups excluding carboxylic acids is 1. The van der Waals surface area contributed by atoms with Gasteiger partial charge in [0.2, 0.25) is 5.82 Å². The lowest BCUT2D eigenvalue weighted by Gasteiger charge is -2.17. The van der Waals surface area contributed by atoms with Crippen LogP contribution in [0.3, 0.4) is 0 Å². The van der Waals surface area contributed by atoms with Crippen LogP contribution in [-0.4, -0.2) is 32.2 Å². The second-order valence-electron chi connectivity index (χ2n) is 6.15. The predicted octanol–water partition coefficient (Wildman–Crippen LogP) is 4.10. The van der Waals surface area contributed by atoms with Crippen LogP contribution in [0.1, 0.15) is 33.2 Å². The fourth-order valence-electron chi connectivity index (χ4n) is 2.68. The summed E-state index contributed by atoms with van der Waals surface area (Å²) in [7, 11) is 1.70. The monoisotopic (exact) mass is 443 g/mol. The maximum Gasteiger partial charge on any atom is 0.451 e. The van der Waals surface area contributed by atoms with E-state index in [0.717, 1.165) is 12.4 Å². The third-order valence-corrected chi connectivity index (χ3v) is 4.94. The fourth-order valence-corrected chi connectivity index (χ4v) is 3.07. The van der Waals surface area contributed by atoms with Crippen molar-refractivity contribution in [3.05, 3.63) is 75.5 Å². The molecule has 11 heteroatoms. The third kappa shape index (κ3) is 4.86. The van der Waals surface area contributed by atoms with E-state index in [1.165, 1.54) is 6.07 Å². The predicted molar refractivity (Wildman–Crippen MR) is 101 cm³/mol. The van der Waals surface area contributed by atoms with Gasteiger partial charge in [0.15, 0.2) is 0 Å². The van der Waals surface area contributed by atoms with Gasteiger partial charge in [0.05, 0.1) is 21.8 Å². The number of alkyl halides is 3. The minimum absolute atomic E-state index is 0.0576. The number of aryl methyl sites for hydroxylation is 1. The molecule has 0 aliphatic carbocycles. The molecule has 0 aliphatic heterocycles. The minimum atomic E-state index is -4.64. The zero-order valence-corrected chi connectivity index (χ0v) is 16.4. The number of hydrogen-bond donors (Lipinski definition) is 1. The van der Waals surface area contributed by atoms with Gasteiger partial charge < -0.3 is 5.32 Å². The maximum absolute atomic E-state index is 12.7. The summed E-state index contributed by atoms with van der Waals surface area (Å²) in [6.45, 7) is 0.0576. The first-order chi connectivity index (χ1) is 13.7. The van der Waals surface area contributed by atoms with Crippen molar-refractivity contribution in [1.82, 2.24) is 25.1 Å². The molecular weight excluding hydrogens is 430 g/mol. The number of nitrogens with zero attached hydrogens (tertiary/aromatic N) is 4. The molecule has 29 heavy (non-hydrogen) atoms. The van der Waals surface area contributed by atoms with E-state index < -0.39 is 23.8 Å². The minimum Gasteiger partial charge on any atom is -0.351 e. The standard InChI is InChI=1S/C18H14Cl2F3N5O/c1-28-9-11(7-27-28)13(10-5-25-17(26-6-10)18(21,22)23)8-24-16(29)12-3-2-4-14(19)15(12)20/h2-7,9,13H,8H2,1H3,(H,24,29). The second-order valence-corrected chi connectivity index (χ2v) is 6.93. The third-order valence-electron chi connectivity index (χ3n) is 4.12. The number of nitrogens with one attached hydrogen (secondary N) is 1. The topological polar surface area (TPSA) is 72.7 Å². The molecule has 3 rings (SSSR count). The molecule has 2 aromatic heterocycles. The molecule has 3 aromatic rings. The first kappa shape index (κ1) is 21.1. The lowest BCUT2D eigenvalue weighted by atomic mass is 9.95. The Morgan fingerprint density at radius 3 is 2.45 bits per heavy atom. The summed E-state index contributed by atoms with van der Waals surface area (Å²) < 4.78 is 39.8. The van der Waals surface area contributed by atoms with Crippen LogP contribution in [0.2, 0.25) is 10.0 Å². The fraction of sp³-hybridized carbons (Fsp3) is 0.222. The zero-order chi connectivity index (χ0) is 21.2. The SMILES string of the molecule is Cn1cc(C(CNC(=O)c2cccc(Cl)c2Cl)c2cnc(C(F)(F)F)nc2)cn1. The van der Waals surface area contributed by atoms with Crippen molar-refractivity contribution in [2.75, 3.05) is 6.54 Å². The van der Waals surface area contributed by atoms with E-state index in [4.69, 9.17) is 23.2 Å². The quantitative estimate of drug-likeness (QED) is 0.644. The molecule has 0 bridgehead atoms. The van der Waals surface area contributed by atoms with Crippen LogP contribution in [0.25, 0.3) is 0 Å². The van der Waals surface area contributed by atoms with Gasteiger partial charge in [-0.3, -0.25) is 9.48 Å². The maximum atomic E-state index is 12.7. The molecule has 0 spiro atoms. The number of rotatable bonds is 5. The Labute approximate surface area is 173 Å². The number of hydrogen-bond acceptors (Lipinski definition) is 4. The molecule has 0 saturated heterocycles. The Kier molecular flexibility index (Phi) is 6.09. The lowest BCUT2D eigenvalue weighted by molar-refractivity contribution is -0.145. The summed E-state index contributed by atoms with van der Waals surface area (Å²) in [6.07, 6.45) is 0.791. The van der Waals surface area contributed by atoms with Crippen LogP contribution in [0.5, 0.6) is 0 Å². The second kappa shape index (κ2) is 8.38. The molecule has 2 heterocycles. The average Bonchev–Trinajstić information content (AvgIpc) is 3.09. The van der Waals surface area contributed by atoms with Gasteiger partial charge in [0.1, 0.15) is 0 Å². The highest BCUT2D eigenvalue weighted by molar-refractivity contribution is 6.43. The number of carbonyl (C=O) groups is 1. The van der Waals surface area contributed by atoms with Gasteiger partial charge in [-0.05, 0) is 23.3 Å². The van der Waals surface area contributed by atoms with Crippen LogP contribution in [0, 0.1) is 0 Å². The van der Waals surface area contributed by atoms with Crippen molar-refractivity contribution >= 4 is 29.1 Å². The van der Waals surface area contributed by atoms with E-state index in [1.807, 2.05) is 0 Å². The van der Waals surface area contributed by atoms with E-state index in [-0.39, 0.29) is 22.2 Å². The van der Waals surface area contributed by atoms with Gasteiger partial charge in [-0.1, -0.05) is 29.3 Å². The zero-order valence-electron chi connectivity index (χ0n) is 14.9. The van der Waals surface area contributed by atoms with Gasteiger partial charge >= 0.3 is 6.18 Å². The Morgan fingerprint density at radius 1 is 1.17 bits per heavy atom. The van der Waals surface area contributed by atoms with E-state index in [9.17, 15) is 18.0 Å². The summed E-state index contributed by atoms with van der Waals surface area (Å²) in [5.74, 6) is -2.23. The normalized spacial score (nSPS) is 12.6. The van der Waals surface area contributed by atoms with Crippen molar-refractivity contribution in [2.45, 2.75) is 12.1 Å². The van der Waals surface area contributed by atoms with Gasteiger partial charge in [0.25, 0.3) is 5.91 Å². The van der Waals surface area contributed by atoms with Crippen LogP contribution >= 0.6 is 23.2 Å². The Bertz CT molecular complexity index is 1020. The molecule has 6 nitrogen and oxygen atoms in total. The highest BCUT2D eigenvalue weighted by Crippen LogP contribution is 2.29. The van der Waals surface area contributed by atoms with Crippen molar-refractivity contribution in [1.29, 1.82) is 0 Å². The first-order valence-corrected chi connectivity index (χ1v) is 9.02. The van der Waals surface area contributed by atoms with E-state index >= 15 is 0 Å². The van der Waals surface area contributed by atoms with Crippen LogP contribution in [0.4, 0.5) is 13.2 Å². The van der Waals surface area contributed by atoms with Crippen LogP contribution in [-0.2, 0) is 13.2 Å². The van der Waals surface area contributed by atoms with Gasteiger partial charge in [-0.15, -0.1) is 0 Å². The Balaban J connectivity index is 1.85. The summed E-state index contributed by atoms with van der Waals surface area (Å²) >= 11 is 12.0. The summed E-state index contributed by atoms with van der Waals surface area (Å²) in [6, 6.07) is 4.66. The molecule has 0 saturated carbocycles. The first-order valence-electron chi connectivity index (χ1n) is 8.26. The highest BCUT2D eigenvalue weighted by atomic mass is 35.5. The van der Waals surface area contributed by atoms with E-state index in [2.05, 4.69) is 20.4 Å². The van der Waals surface area contributed by atoms with Gasteiger partial charge in [-0.2, -0.15) is 18.3 Å². The number of aromatic nitrogens is 4. The number of benzene rings is 1. The van der Waals surface area contributed by atoms with Gasteiger partial charge in [0, 0.05) is 38.1 Å². The lowest BCUT2D eigenvalue weighted by Crippen LogP contribution is -2.29. The molecule has 1 atom stereocenters. The van der Waals surface area contributed by atoms with Crippen molar-refractivity contribution in [3.63, 3.8) is 0 Å². The molecule has 0 aliphatic rings. The molecule has 1 aromatic carbocycles. The number of amides is 1. The Morgan fingerprint density at radius 2 is 1.86 bits per heavy atom. The van der Waals surface area contributed by atoms with Gasteiger partial charge in [-0.25, -0.2) is 9.97 Å².